The van der Waals surface area contributed by atoms with Gasteiger partial charge in [0.25, 0.3) is 0 Å². The molecule has 1 fully saturated rings. The first kappa shape index (κ1) is 17.6. The topological polar surface area (TPSA) is 62.4 Å². The van der Waals surface area contributed by atoms with Crippen molar-refractivity contribution < 1.29 is 9.53 Å². The lowest BCUT2D eigenvalue weighted by atomic mass is 9.80. The van der Waals surface area contributed by atoms with E-state index < -0.39 is 11.6 Å². The molecule has 8 heteroatoms. The lowest BCUT2D eigenvalue weighted by Gasteiger charge is -2.50. The van der Waals surface area contributed by atoms with Crippen LogP contribution in [0.25, 0.3) is 0 Å². The summed E-state index contributed by atoms with van der Waals surface area (Å²) in [5.74, 6) is 0.0124. The van der Waals surface area contributed by atoms with Gasteiger partial charge in [0.15, 0.2) is 10.8 Å². The highest BCUT2D eigenvalue weighted by Gasteiger charge is 2.54. The third kappa shape index (κ3) is 3.04. The fourth-order valence-corrected chi connectivity index (χ4v) is 4.30. The molecule has 4 rings (SSSR count). The summed E-state index contributed by atoms with van der Waals surface area (Å²) in [6, 6.07) is 12.4. The summed E-state index contributed by atoms with van der Waals surface area (Å²) in [6.07, 6.45) is 0. The van der Waals surface area contributed by atoms with Gasteiger partial charge in [-0.25, -0.2) is 0 Å². The highest BCUT2D eigenvalue weighted by atomic mass is 79.9. The van der Waals surface area contributed by atoms with E-state index in [0.29, 0.717) is 15.8 Å². The second kappa shape index (κ2) is 6.40. The largest absolute Gasteiger partial charge is 0.467 e. The number of ether oxygens (including phenoxy) is 1. The summed E-state index contributed by atoms with van der Waals surface area (Å²) in [5.41, 5.74) is 0.602. The predicted molar refractivity (Wildman–Crippen MR) is 108 cm³/mol. The van der Waals surface area contributed by atoms with Crippen LogP contribution in [0.5, 0.6) is 5.75 Å². The first-order valence-electron chi connectivity index (χ1n) is 7.99. The van der Waals surface area contributed by atoms with E-state index in [1.165, 1.54) is 0 Å². The van der Waals surface area contributed by atoms with Gasteiger partial charge < -0.3 is 20.7 Å². The molecule has 0 unspecified atom stereocenters. The van der Waals surface area contributed by atoms with Crippen molar-refractivity contribution >= 4 is 56.5 Å². The molecule has 0 aromatic heterocycles. The van der Waals surface area contributed by atoms with Crippen molar-refractivity contribution in [2.45, 2.75) is 18.7 Å². The Morgan fingerprint density at radius 1 is 1.31 bits per heavy atom. The predicted octanol–water partition coefficient (Wildman–Crippen LogP) is 3.98. The Balaban J connectivity index is 1.71. The first-order valence-corrected chi connectivity index (χ1v) is 9.57. The minimum atomic E-state index is -0.954. The smallest absolute Gasteiger partial charge is 0.236 e. The summed E-state index contributed by atoms with van der Waals surface area (Å²) in [6.45, 7) is 1.84. The van der Waals surface area contributed by atoms with Crippen LogP contribution in [0.3, 0.4) is 0 Å². The molecule has 1 amide bonds. The maximum atomic E-state index is 13.1. The number of hydrogen-bond donors (Lipinski definition) is 3. The molecule has 3 atom stereocenters. The van der Waals surface area contributed by atoms with Crippen molar-refractivity contribution in [2.75, 3.05) is 5.32 Å². The zero-order chi connectivity index (χ0) is 18.5. The van der Waals surface area contributed by atoms with Crippen molar-refractivity contribution in [3.8, 4) is 5.75 Å². The van der Waals surface area contributed by atoms with Crippen LogP contribution >= 0.6 is 39.7 Å². The summed E-state index contributed by atoms with van der Waals surface area (Å²) >= 11 is 14.7. The van der Waals surface area contributed by atoms with Crippen LogP contribution in [-0.2, 0) is 4.79 Å². The van der Waals surface area contributed by atoms with E-state index in [4.69, 9.17) is 28.6 Å². The molecule has 26 heavy (non-hydrogen) atoms. The summed E-state index contributed by atoms with van der Waals surface area (Å²) < 4.78 is 7.07. The Morgan fingerprint density at radius 3 is 2.77 bits per heavy atom. The van der Waals surface area contributed by atoms with E-state index in [-0.39, 0.29) is 11.9 Å². The fraction of sp³-hybridized carbons (Fsp3) is 0.222. The van der Waals surface area contributed by atoms with E-state index in [1.54, 1.807) is 24.3 Å². The summed E-state index contributed by atoms with van der Waals surface area (Å²) in [7, 11) is 0. The minimum Gasteiger partial charge on any atom is -0.467 e. The quantitative estimate of drug-likeness (QED) is 0.602. The second-order valence-corrected chi connectivity index (χ2v) is 8.20. The Kier molecular flexibility index (Phi) is 4.33. The van der Waals surface area contributed by atoms with Crippen LogP contribution < -0.4 is 20.7 Å². The zero-order valence-corrected chi connectivity index (χ0v) is 16.8. The Bertz CT molecular complexity index is 908. The molecule has 0 aliphatic carbocycles. The molecule has 2 aromatic rings. The number of thiocarbonyl (C=S) groups is 1. The van der Waals surface area contributed by atoms with Gasteiger partial charge in [0, 0.05) is 20.7 Å². The third-order valence-corrected chi connectivity index (χ3v) is 5.56. The van der Waals surface area contributed by atoms with Crippen LogP contribution in [0, 0.1) is 5.92 Å². The highest BCUT2D eigenvalue weighted by Crippen LogP contribution is 2.45. The van der Waals surface area contributed by atoms with E-state index >= 15 is 0 Å². The number of anilines is 1. The van der Waals surface area contributed by atoms with E-state index in [0.717, 1.165) is 15.8 Å². The van der Waals surface area contributed by atoms with Gasteiger partial charge in [0.1, 0.15) is 11.7 Å². The molecule has 2 aliphatic rings. The van der Waals surface area contributed by atoms with Crippen LogP contribution in [0.1, 0.15) is 18.5 Å². The van der Waals surface area contributed by atoms with Gasteiger partial charge in [-0.2, -0.15) is 0 Å². The molecule has 134 valence electrons. The number of rotatable bonds is 2. The Hall–Kier alpha value is -1.83. The molecule has 0 radical (unpaired) electrons. The van der Waals surface area contributed by atoms with Crippen LogP contribution in [-0.4, -0.2) is 16.7 Å². The molecule has 5 nitrogen and oxygen atoms in total. The SMILES string of the molecule is C[C@@]12NC(=S)N[C@@H](c3cc(Br)ccc3O1)[C@H]2C(=O)Nc1ccc(Cl)cc1. The number of benzene rings is 2. The molecule has 3 N–H and O–H groups in total. The Labute approximate surface area is 169 Å². The maximum absolute atomic E-state index is 13.1. The van der Waals surface area contributed by atoms with Crippen molar-refractivity contribution in [2.24, 2.45) is 5.92 Å². The van der Waals surface area contributed by atoms with E-state index in [1.807, 2.05) is 25.1 Å². The molecule has 2 aliphatic heterocycles. The van der Waals surface area contributed by atoms with Gasteiger partial charge in [0.2, 0.25) is 5.91 Å². The molecule has 2 aromatic carbocycles. The number of amides is 1. The number of carbonyl (C=O) groups excluding carboxylic acids is 1. The van der Waals surface area contributed by atoms with Gasteiger partial charge in [-0.05, 0) is 61.6 Å². The third-order valence-electron chi connectivity index (χ3n) is 4.60. The lowest BCUT2D eigenvalue weighted by Crippen LogP contribution is -2.70. The Morgan fingerprint density at radius 2 is 2.04 bits per heavy atom. The molecular formula is C18H15BrClN3O2S. The number of fused-ring (bicyclic) bond motifs is 4. The van der Waals surface area contributed by atoms with Gasteiger partial charge in [-0.15, -0.1) is 0 Å². The maximum Gasteiger partial charge on any atom is 0.236 e. The molecular weight excluding hydrogens is 438 g/mol. The molecule has 2 bridgehead atoms. The standard InChI is InChI=1S/C18H15BrClN3O2S/c1-18-14(16(24)21-11-5-3-10(20)4-6-11)15(22-17(26)23-18)12-8-9(19)2-7-13(12)25-18/h2-8,14-15H,1H3,(H,21,24)(H2,22,23,26)/t14-,15-,18+/m0/s1. The van der Waals surface area contributed by atoms with Gasteiger partial charge in [0.05, 0.1) is 6.04 Å². The number of halogens is 2. The molecule has 2 heterocycles. The zero-order valence-electron chi connectivity index (χ0n) is 13.7. The first-order chi connectivity index (χ1) is 12.4. The van der Waals surface area contributed by atoms with Crippen molar-refractivity contribution in [1.29, 1.82) is 0 Å². The van der Waals surface area contributed by atoms with Gasteiger partial charge >= 0.3 is 0 Å². The van der Waals surface area contributed by atoms with E-state index in [2.05, 4.69) is 31.9 Å². The average molecular weight is 453 g/mol. The minimum absolute atomic E-state index is 0.173. The average Bonchev–Trinajstić information content (AvgIpc) is 2.56. The van der Waals surface area contributed by atoms with Crippen LogP contribution in [0.2, 0.25) is 5.02 Å². The van der Waals surface area contributed by atoms with Crippen molar-refractivity contribution in [3.63, 3.8) is 0 Å². The molecule has 0 spiro atoms. The lowest BCUT2D eigenvalue weighted by molar-refractivity contribution is -0.132. The van der Waals surface area contributed by atoms with Crippen molar-refractivity contribution in [1.82, 2.24) is 10.6 Å². The monoisotopic (exact) mass is 451 g/mol. The van der Waals surface area contributed by atoms with Crippen molar-refractivity contribution in [3.05, 3.63) is 57.5 Å². The fourth-order valence-electron chi connectivity index (χ4n) is 3.47. The summed E-state index contributed by atoms with van der Waals surface area (Å²) in [5, 5.41) is 10.3. The van der Waals surface area contributed by atoms with Crippen LogP contribution in [0.15, 0.2) is 46.9 Å². The highest BCUT2D eigenvalue weighted by molar-refractivity contribution is 9.10. The summed E-state index contributed by atoms with van der Waals surface area (Å²) in [4.78, 5) is 13.1. The second-order valence-electron chi connectivity index (χ2n) is 6.44. The van der Waals surface area contributed by atoms with Gasteiger partial charge in [-0.1, -0.05) is 27.5 Å². The van der Waals surface area contributed by atoms with Crippen LogP contribution in [0.4, 0.5) is 5.69 Å². The van der Waals surface area contributed by atoms with E-state index in [9.17, 15) is 4.79 Å². The number of hydrogen-bond acceptors (Lipinski definition) is 3. The number of carbonyl (C=O) groups is 1. The normalized spacial score (nSPS) is 26.0. The number of nitrogens with one attached hydrogen (secondary N) is 3. The molecule has 1 saturated heterocycles. The molecule has 0 saturated carbocycles. The van der Waals surface area contributed by atoms with Gasteiger partial charge in [-0.3, -0.25) is 4.79 Å².